The molecule has 0 saturated carbocycles. The molecule has 2 N–H and O–H groups in total. The van der Waals surface area contributed by atoms with Gasteiger partial charge in [0.25, 0.3) is 0 Å². The van der Waals surface area contributed by atoms with E-state index >= 15 is 0 Å². The maximum Gasteiger partial charge on any atom is 0.211 e. The third kappa shape index (κ3) is 9.39. The Kier molecular flexibility index (Phi) is 13.0. The number of guanidine groups is 1. The number of sulfonamides is 1. The Bertz CT molecular complexity index is 487. The first-order chi connectivity index (χ1) is 11.4. The van der Waals surface area contributed by atoms with Gasteiger partial charge >= 0.3 is 0 Å². The lowest BCUT2D eigenvalue weighted by Crippen LogP contribution is -2.40. The molecule has 25 heavy (non-hydrogen) atoms. The molecule has 1 heterocycles. The monoisotopic (exact) mass is 489 g/mol. The Morgan fingerprint density at radius 2 is 2.00 bits per heavy atom. The van der Waals surface area contributed by atoms with Crippen molar-refractivity contribution in [3.8, 4) is 0 Å². The van der Waals surface area contributed by atoms with Gasteiger partial charge < -0.3 is 10.6 Å². The number of halogens is 1. The minimum Gasteiger partial charge on any atom is -0.357 e. The number of nitrogens with zero attached hydrogens (tertiary/aromatic N) is 3. The summed E-state index contributed by atoms with van der Waals surface area (Å²) in [6.45, 7) is 11.8. The average molecular weight is 489 g/mol. The van der Waals surface area contributed by atoms with Gasteiger partial charge in [-0.2, -0.15) is 0 Å². The Morgan fingerprint density at radius 3 is 2.56 bits per heavy atom. The zero-order valence-corrected chi connectivity index (χ0v) is 19.3. The molecule has 0 aliphatic carbocycles. The fraction of sp³-hybridized carbons (Fsp3) is 0.938. The van der Waals surface area contributed by atoms with E-state index in [1.807, 2.05) is 13.8 Å². The molecule has 7 nitrogen and oxygen atoms in total. The van der Waals surface area contributed by atoms with Gasteiger partial charge in [0.15, 0.2) is 5.96 Å². The minimum atomic E-state index is -3.10. The molecule has 0 bridgehead atoms. The smallest absolute Gasteiger partial charge is 0.211 e. The van der Waals surface area contributed by atoms with Crippen LogP contribution >= 0.6 is 24.0 Å². The van der Waals surface area contributed by atoms with Crippen LogP contribution in [0.5, 0.6) is 0 Å². The normalized spacial score (nSPS) is 19.1. The second-order valence-corrected chi connectivity index (χ2v) is 8.16. The Morgan fingerprint density at radius 1 is 1.28 bits per heavy atom. The standard InChI is InChI=1S/C16H35N5O2S.HI/c1-5-17-16(19-14-15-10-8-12-20(15)6-2)18-11-9-13-21(7-3)24(4,22)23;/h15H,5-14H2,1-4H3,(H2,17,18,19);1H. The van der Waals surface area contributed by atoms with Crippen LogP contribution in [0, 0.1) is 0 Å². The number of likely N-dealkylation sites (N-methyl/N-ethyl adjacent to an activating group) is 1. The number of aliphatic imine (C=N–C) groups is 1. The van der Waals surface area contributed by atoms with Crippen molar-refractivity contribution in [2.24, 2.45) is 4.99 Å². The maximum absolute atomic E-state index is 11.6. The van der Waals surface area contributed by atoms with Gasteiger partial charge in [0.05, 0.1) is 12.8 Å². The first-order valence-electron chi connectivity index (χ1n) is 9.13. The molecule has 0 radical (unpaired) electrons. The van der Waals surface area contributed by atoms with Gasteiger partial charge in [0.2, 0.25) is 10.0 Å². The Labute approximate surface area is 171 Å². The van der Waals surface area contributed by atoms with Gasteiger partial charge in [-0.1, -0.05) is 13.8 Å². The zero-order chi connectivity index (χ0) is 18.0. The van der Waals surface area contributed by atoms with E-state index in [0.717, 1.165) is 32.0 Å². The van der Waals surface area contributed by atoms with E-state index in [4.69, 9.17) is 4.99 Å². The van der Waals surface area contributed by atoms with E-state index in [9.17, 15) is 8.42 Å². The summed E-state index contributed by atoms with van der Waals surface area (Å²) in [5.74, 6) is 0.822. The summed E-state index contributed by atoms with van der Waals surface area (Å²) < 4.78 is 24.6. The number of hydrogen-bond acceptors (Lipinski definition) is 4. The molecule has 0 aromatic carbocycles. The number of rotatable bonds is 10. The van der Waals surface area contributed by atoms with E-state index in [2.05, 4.69) is 22.5 Å². The van der Waals surface area contributed by atoms with Gasteiger partial charge in [-0.05, 0) is 39.3 Å². The fourth-order valence-electron chi connectivity index (χ4n) is 3.08. The highest BCUT2D eigenvalue weighted by atomic mass is 127. The van der Waals surface area contributed by atoms with Crippen LogP contribution in [0.3, 0.4) is 0 Å². The van der Waals surface area contributed by atoms with Gasteiger partial charge in [0.1, 0.15) is 0 Å². The lowest BCUT2D eigenvalue weighted by molar-refractivity contribution is 0.273. The second-order valence-electron chi connectivity index (χ2n) is 6.18. The molecule has 1 atom stereocenters. The van der Waals surface area contributed by atoms with Crippen LogP contribution in [0.15, 0.2) is 4.99 Å². The van der Waals surface area contributed by atoms with E-state index in [1.165, 1.54) is 29.9 Å². The van der Waals surface area contributed by atoms with Crippen molar-refractivity contribution in [1.82, 2.24) is 19.8 Å². The van der Waals surface area contributed by atoms with E-state index in [0.29, 0.717) is 25.7 Å². The van der Waals surface area contributed by atoms with Crippen LogP contribution in [-0.2, 0) is 10.0 Å². The third-order valence-electron chi connectivity index (χ3n) is 4.41. The molecule has 0 amide bonds. The lowest BCUT2D eigenvalue weighted by Gasteiger charge is -2.22. The SMILES string of the molecule is CCNC(=NCC1CCCN1CC)NCCCN(CC)S(C)(=O)=O.I. The first-order valence-corrected chi connectivity index (χ1v) is 11.0. The van der Waals surface area contributed by atoms with Gasteiger partial charge in [-0.15, -0.1) is 24.0 Å². The predicted molar refractivity (Wildman–Crippen MR) is 116 cm³/mol. The van der Waals surface area contributed by atoms with Gasteiger partial charge in [0, 0.05) is 32.2 Å². The molecular formula is C16H36IN5O2S. The molecule has 0 spiro atoms. The molecule has 150 valence electrons. The van der Waals surface area contributed by atoms with Crippen molar-refractivity contribution in [3.05, 3.63) is 0 Å². The van der Waals surface area contributed by atoms with Crippen molar-refractivity contribution in [3.63, 3.8) is 0 Å². The largest absolute Gasteiger partial charge is 0.357 e. The summed E-state index contributed by atoms with van der Waals surface area (Å²) in [6.07, 6.45) is 4.50. The van der Waals surface area contributed by atoms with E-state index in [1.54, 1.807) is 0 Å². The van der Waals surface area contributed by atoms with Crippen LogP contribution in [0.4, 0.5) is 0 Å². The molecule has 1 unspecified atom stereocenters. The van der Waals surface area contributed by atoms with Crippen LogP contribution in [0.25, 0.3) is 0 Å². The molecule has 1 saturated heterocycles. The summed E-state index contributed by atoms with van der Waals surface area (Å²) in [5.41, 5.74) is 0. The van der Waals surface area contributed by atoms with Gasteiger partial charge in [-0.3, -0.25) is 9.89 Å². The summed E-state index contributed by atoms with van der Waals surface area (Å²) in [6, 6.07) is 0.547. The summed E-state index contributed by atoms with van der Waals surface area (Å²) in [7, 11) is -3.10. The Balaban J connectivity index is 0.00000576. The molecule has 1 rings (SSSR count). The van der Waals surface area contributed by atoms with Crippen LogP contribution in [0.2, 0.25) is 0 Å². The zero-order valence-electron chi connectivity index (χ0n) is 16.1. The highest BCUT2D eigenvalue weighted by Crippen LogP contribution is 2.16. The predicted octanol–water partition coefficient (Wildman–Crippen LogP) is 1.32. The second kappa shape index (κ2) is 13.1. The van der Waals surface area contributed by atoms with Crippen molar-refractivity contribution < 1.29 is 8.42 Å². The number of hydrogen-bond donors (Lipinski definition) is 2. The van der Waals surface area contributed by atoms with Gasteiger partial charge in [-0.25, -0.2) is 12.7 Å². The lowest BCUT2D eigenvalue weighted by atomic mass is 10.2. The molecule has 1 aliphatic rings. The van der Waals surface area contributed by atoms with Crippen LogP contribution in [0.1, 0.15) is 40.0 Å². The highest BCUT2D eigenvalue weighted by molar-refractivity contribution is 14.0. The van der Waals surface area contributed by atoms with Crippen molar-refractivity contribution in [2.45, 2.75) is 46.1 Å². The quantitative estimate of drug-likeness (QED) is 0.210. The molecule has 1 aliphatic heterocycles. The molecule has 0 aromatic rings. The van der Waals surface area contributed by atoms with Crippen molar-refractivity contribution in [2.75, 3.05) is 52.1 Å². The molecule has 0 aromatic heterocycles. The van der Waals surface area contributed by atoms with E-state index in [-0.39, 0.29) is 24.0 Å². The maximum atomic E-state index is 11.6. The highest BCUT2D eigenvalue weighted by Gasteiger charge is 2.22. The molecule has 1 fully saturated rings. The number of likely N-dealkylation sites (tertiary alicyclic amines) is 1. The van der Waals surface area contributed by atoms with Crippen LogP contribution < -0.4 is 10.6 Å². The molecule has 9 heteroatoms. The number of nitrogens with one attached hydrogen (secondary N) is 2. The van der Waals surface area contributed by atoms with Crippen molar-refractivity contribution >= 4 is 40.0 Å². The minimum absolute atomic E-state index is 0. The Hall–Kier alpha value is -0.130. The average Bonchev–Trinajstić information content (AvgIpc) is 2.98. The first kappa shape index (κ1) is 24.9. The summed E-state index contributed by atoms with van der Waals surface area (Å²) in [5, 5.41) is 6.57. The summed E-state index contributed by atoms with van der Waals surface area (Å²) >= 11 is 0. The third-order valence-corrected chi connectivity index (χ3v) is 5.79. The topological polar surface area (TPSA) is 77.0 Å². The summed E-state index contributed by atoms with van der Waals surface area (Å²) in [4.78, 5) is 7.18. The molecular weight excluding hydrogens is 453 g/mol. The van der Waals surface area contributed by atoms with Crippen LogP contribution in [-0.4, -0.2) is 81.7 Å². The fourth-order valence-corrected chi connectivity index (χ4v) is 4.01. The van der Waals surface area contributed by atoms with E-state index < -0.39 is 10.0 Å². The van der Waals surface area contributed by atoms with Crippen molar-refractivity contribution in [1.29, 1.82) is 0 Å².